The van der Waals surface area contributed by atoms with Crippen LogP contribution in [0.15, 0.2) is 42.5 Å². The van der Waals surface area contributed by atoms with Crippen molar-refractivity contribution in [2.75, 3.05) is 34.5 Å². The van der Waals surface area contributed by atoms with E-state index in [1.165, 1.54) is 0 Å². The summed E-state index contributed by atoms with van der Waals surface area (Å²) >= 11 is 0. The van der Waals surface area contributed by atoms with Crippen LogP contribution in [0.2, 0.25) is 0 Å². The third-order valence-electron chi connectivity index (χ3n) is 4.70. The molecule has 0 bridgehead atoms. The van der Waals surface area contributed by atoms with Gasteiger partial charge < -0.3 is 19.5 Å². The summed E-state index contributed by atoms with van der Waals surface area (Å²) in [6, 6.07) is 13.3. The number of rotatable bonds is 8. The van der Waals surface area contributed by atoms with Crippen LogP contribution in [0.4, 0.5) is 0 Å². The molecule has 0 spiro atoms. The van der Waals surface area contributed by atoms with Crippen molar-refractivity contribution in [3.8, 4) is 22.8 Å². The van der Waals surface area contributed by atoms with Crippen molar-refractivity contribution in [1.82, 2.24) is 10.3 Å². The average Bonchev–Trinajstić information content (AvgIpc) is 2.75. The highest BCUT2D eigenvalue weighted by molar-refractivity contribution is 6.07. The summed E-state index contributed by atoms with van der Waals surface area (Å²) in [4.78, 5) is 17.7. The van der Waals surface area contributed by atoms with Gasteiger partial charge in [0.25, 0.3) is 5.91 Å². The van der Waals surface area contributed by atoms with Crippen molar-refractivity contribution in [2.45, 2.75) is 13.3 Å². The highest BCUT2D eigenvalue weighted by atomic mass is 16.5. The summed E-state index contributed by atoms with van der Waals surface area (Å²) in [6.07, 6.45) is 0.753. The zero-order chi connectivity index (χ0) is 20.8. The monoisotopic (exact) mass is 394 g/mol. The largest absolute Gasteiger partial charge is 0.497 e. The van der Waals surface area contributed by atoms with Crippen LogP contribution < -0.4 is 14.8 Å². The van der Waals surface area contributed by atoms with Gasteiger partial charge in [-0.05, 0) is 43.7 Å². The molecule has 1 N–H and O–H groups in total. The summed E-state index contributed by atoms with van der Waals surface area (Å²) < 4.78 is 15.9. The first-order valence-electron chi connectivity index (χ1n) is 9.48. The summed E-state index contributed by atoms with van der Waals surface area (Å²) in [5, 5.41) is 3.80. The molecule has 0 aliphatic heterocycles. The fourth-order valence-electron chi connectivity index (χ4n) is 3.19. The number of ether oxygens (including phenoxy) is 3. The zero-order valence-corrected chi connectivity index (χ0v) is 17.2. The smallest absolute Gasteiger partial charge is 0.252 e. The van der Waals surface area contributed by atoms with Crippen molar-refractivity contribution in [2.24, 2.45) is 0 Å². The van der Waals surface area contributed by atoms with E-state index in [0.29, 0.717) is 35.9 Å². The van der Waals surface area contributed by atoms with E-state index in [1.807, 2.05) is 43.3 Å². The minimum atomic E-state index is -0.132. The summed E-state index contributed by atoms with van der Waals surface area (Å²) in [7, 11) is 4.86. The molecule has 6 heteroatoms. The number of hydrogen-bond acceptors (Lipinski definition) is 5. The molecule has 3 aromatic rings. The maximum Gasteiger partial charge on any atom is 0.252 e. The topological polar surface area (TPSA) is 69.7 Å². The van der Waals surface area contributed by atoms with E-state index in [-0.39, 0.29) is 5.91 Å². The Hall–Kier alpha value is -3.12. The van der Waals surface area contributed by atoms with Gasteiger partial charge in [-0.25, -0.2) is 4.98 Å². The molecule has 0 aliphatic carbocycles. The van der Waals surface area contributed by atoms with Gasteiger partial charge in [0.05, 0.1) is 31.0 Å². The van der Waals surface area contributed by atoms with Crippen molar-refractivity contribution >= 4 is 16.8 Å². The predicted octanol–water partition coefficient (Wildman–Crippen LogP) is 3.99. The van der Waals surface area contributed by atoms with Crippen molar-refractivity contribution in [3.63, 3.8) is 0 Å². The van der Waals surface area contributed by atoms with Gasteiger partial charge in [0.15, 0.2) is 0 Å². The Bertz CT molecular complexity index is 1020. The predicted molar refractivity (Wildman–Crippen MR) is 114 cm³/mol. The highest BCUT2D eigenvalue weighted by Crippen LogP contribution is 2.34. The summed E-state index contributed by atoms with van der Waals surface area (Å²) in [6.45, 7) is 3.15. The molecule has 0 fully saturated rings. The number of hydrogen-bond donors (Lipinski definition) is 1. The number of aromatic nitrogens is 1. The van der Waals surface area contributed by atoms with Crippen LogP contribution in [0.1, 0.15) is 22.3 Å². The van der Waals surface area contributed by atoms with E-state index < -0.39 is 0 Å². The van der Waals surface area contributed by atoms with Crippen LogP contribution in [-0.2, 0) is 4.74 Å². The molecule has 0 aliphatic rings. The Morgan fingerprint density at radius 3 is 2.59 bits per heavy atom. The molecule has 2 aromatic carbocycles. The standard InChI is InChI=1S/C23H26N2O4/c1-15-6-9-20-18(12-15)19(23(26)24-10-5-11-27-2)14-21(25-20)17-8-7-16(28-3)13-22(17)29-4/h6-9,12-14H,5,10-11H2,1-4H3,(H,24,26). The number of aryl methyl sites for hydroxylation is 1. The second kappa shape index (κ2) is 9.39. The van der Waals surface area contributed by atoms with Gasteiger partial charge in [0, 0.05) is 37.3 Å². The molecule has 0 saturated carbocycles. The molecule has 152 valence electrons. The van der Waals surface area contributed by atoms with E-state index in [4.69, 9.17) is 19.2 Å². The molecule has 1 heterocycles. The molecule has 0 atom stereocenters. The maximum atomic E-state index is 12.9. The first kappa shape index (κ1) is 20.6. The van der Waals surface area contributed by atoms with Gasteiger partial charge in [0.1, 0.15) is 11.5 Å². The molecule has 0 unspecified atom stereocenters. The van der Waals surface area contributed by atoms with Gasteiger partial charge in [0.2, 0.25) is 0 Å². The number of fused-ring (bicyclic) bond motifs is 1. The number of nitrogens with one attached hydrogen (secondary N) is 1. The van der Waals surface area contributed by atoms with E-state index in [0.717, 1.165) is 28.5 Å². The third kappa shape index (κ3) is 4.66. The van der Waals surface area contributed by atoms with Gasteiger partial charge in [-0.15, -0.1) is 0 Å². The lowest BCUT2D eigenvalue weighted by Gasteiger charge is -2.14. The highest BCUT2D eigenvalue weighted by Gasteiger charge is 2.16. The zero-order valence-electron chi connectivity index (χ0n) is 17.2. The number of amides is 1. The van der Waals surface area contributed by atoms with Gasteiger partial charge in [-0.1, -0.05) is 11.6 Å². The number of carbonyl (C=O) groups is 1. The SMILES string of the molecule is COCCCNC(=O)c1cc(-c2ccc(OC)cc2OC)nc2ccc(C)cc12. The van der Waals surface area contributed by atoms with Crippen LogP contribution in [0.3, 0.4) is 0 Å². The Kier molecular flexibility index (Phi) is 6.67. The number of methoxy groups -OCH3 is 3. The van der Waals surface area contributed by atoms with E-state index in [9.17, 15) is 4.79 Å². The minimum Gasteiger partial charge on any atom is -0.497 e. The second-order valence-corrected chi connectivity index (χ2v) is 6.74. The van der Waals surface area contributed by atoms with Gasteiger partial charge in [-0.2, -0.15) is 0 Å². The third-order valence-corrected chi connectivity index (χ3v) is 4.70. The first-order chi connectivity index (χ1) is 14.1. The quantitative estimate of drug-likeness (QED) is 0.585. The lowest BCUT2D eigenvalue weighted by atomic mass is 10.0. The van der Waals surface area contributed by atoms with E-state index in [1.54, 1.807) is 27.4 Å². The fraction of sp³-hybridized carbons (Fsp3) is 0.304. The molecule has 3 rings (SSSR count). The van der Waals surface area contributed by atoms with Crippen molar-refractivity contribution in [3.05, 3.63) is 53.6 Å². The first-order valence-corrected chi connectivity index (χ1v) is 9.48. The average molecular weight is 394 g/mol. The lowest BCUT2D eigenvalue weighted by molar-refractivity contribution is 0.0950. The number of carbonyl (C=O) groups excluding carboxylic acids is 1. The fourth-order valence-corrected chi connectivity index (χ4v) is 3.19. The van der Waals surface area contributed by atoms with Crippen LogP contribution in [0.5, 0.6) is 11.5 Å². The molecule has 1 aromatic heterocycles. The number of benzene rings is 2. The van der Waals surface area contributed by atoms with Crippen molar-refractivity contribution < 1.29 is 19.0 Å². The van der Waals surface area contributed by atoms with Crippen LogP contribution >= 0.6 is 0 Å². The molecule has 29 heavy (non-hydrogen) atoms. The second-order valence-electron chi connectivity index (χ2n) is 6.74. The molecule has 0 saturated heterocycles. The summed E-state index contributed by atoms with van der Waals surface area (Å²) in [5.41, 5.74) is 3.88. The van der Waals surface area contributed by atoms with Gasteiger partial charge in [-0.3, -0.25) is 4.79 Å². The Labute approximate surface area is 170 Å². The van der Waals surface area contributed by atoms with Crippen molar-refractivity contribution in [1.29, 1.82) is 0 Å². The van der Waals surface area contributed by atoms with Crippen LogP contribution in [0.25, 0.3) is 22.2 Å². The van der Waals surface area contributed by atoms with E-state index >= 15 is 0 Å². The summed E-state index contributed by atoms with van der Waals surface area (Å²) in [5.74, 6) is 1.20. The van der Waals surface area contributed by atoms with Crippen LogP contribution in [0, 0.1) is 6.92 Å². The molecule has 6 nitrogen and oxygen atoms in total. The number of pyridine rings is 1. The molecule has 1 amide bonds. The Balaban J connectivity index is 2.08. The Morgan fingerprint density at radius 1 is 1.03 bits per heavy atom. The molecular weight excluding hydrogens is 368 g/mol. The van der Waals surface area contributed by atoms with E-state index in [2.05, 4.69) is 5.32 Å². The Morgan fingerprint density at radius 2 is 1.86 bits per heavy atom. The van der Waals surface area contributed by atoms with Crippen LogP contribution in [-0.4, -0.2) is 45.4 Å². The lowest BCUT2D eigenvalue weighted by Crippen LogP contribution is -2.25. The van der Waals surface area contributed by atoms with Gasteiger partial charge >= 0.3 is 0 Å². The normalized spacial score (nSPS) is 10.8. The maximum absolute atomic E-state index is 12.9. The molecule has 0 radical (unpaired) electrons. The molecular formula is C23H26N2O4. The minimum absolute atomic E-state index is 0.132. The number of nitrogens with zero attached hydrogens (tertiary/aromatic N) is 1.